The van der Waals surface area contributed by atoms with Gasteiger partial charge < -0.3 is 10.1 Å². The van der Waals surface area contributed by atoms with Gasteiger partial charge in [-0.3, -0.25) is 24.2 Å². The molecule has 0 bridgehead atoms. The molecule has 7 nitrogen and oxygen atoms in total. The van der Waals surface area contributed by atoms with Gasteiger partial charge in [0.15, 0.2) is 0 Å². The minimum Gasteiger partial charge on any atom is -0.383 e. The van der Waals surface area contributed by atoms with E-state index in [0.717, 1.165) is 12.8 Å². The largest absolute Gasteiger partial charge is 0.383 e. The van der Waals surface area contributed by atoms with E-state index >= 15 is 0 Å². The standard InChI is InChI=1S/C19H20ClN3O4/c1-27-8-7-22-16(24)14-13-3-2-6-23(13)19(15(14)17(22)25)11-9-10(20)4-5-12(11)21-18(19)26/h4-5,9,13-15H,2-3,6-8H2,1H3,(H,21,26)/t13-,14-,15+,19+/m1/s1. The van der Waals surface area contributed by atoms with E-state index in [4.69, 9.17) is 16.3 Å². The molecule has 3 fully saturated rings. The van der Waals surface area contributed by atoms with Crippen LogP contribution in [-0.4, -0.2) is 60.4 Å². The van der Waals surface area contributed by atoms with E-state index in [1.165, 1.54) is 12.0 Å². The summed E-state index contributed by atoms with van der Waals surface area (Å²) in [7, 11) is 1.54. The molecule has 4 aliphatic rings. The summed E-state index contributed by atoms with van der Waals surface area (Å²) in [5.74, 6) is -1.90. The number of anilines is 1. The number of halogens is 1. The molecule has 142 valence electrons. The fourth-order valence-corrected chi connectivity index (χ4v) is 5.81. The Bertz CT molecular complexity index is 875. The van der Waals surface area contributed by atoms with Crippen LogP contribution in [0.5, 0.6) is 0 Å². The van der Waals surface area contributed by atoms with Crippen LogP contribution < -0.4 is 5.32 Å². The Labute approximate surface area is 161 Å². The molecule has 4 aliphatic heterocycles. The number of fused-ring (bicyclic) bond motifs is 7. The third-order valence-corrected chi connectivity index (χ3v) is 6.80. The van der Waals surface area contributed by atoms with Crippen molar-refractivity contribution < 1.29 is 19.1 Å². The lowest BCUT2D eigenvalue weighted by Crippen LogP contribution is -2.54. The number of carbonyl (C=O) groups excluding carboxylic acids is 3. The van der Waals surface area contributed by atoms with Crippen molar-refractivity contribution in [3.05, 3.63) is 28.8 Å². The number of likely N-dealkylation sites (tertiary alicyclic amines) is 1. The number of benzene rings is 1. The number of methoxy groups -OCH3 is 1. The molecule has 27 heavy (non-hydrogen) atoms. The van der Waals surface area contributed by atoms with Crippen molar-refractivity contribution in [1.82, 2.24) is 9.80 Å². The quantitative estimate of drug-likeness (QED) is 0.786. The second-order valence-electron chi connectivity index (χ2n) is 7.64. The van der Waals surface area contributed by atoms with Gasteiger partial charge in [0, 0.05) is 29.4 Å². The van der Waals surface area contributed by atoms with Gasteiger partial charge >= 0.3 is 0 Å². The number of amides is 3. The fourth-order valence-electron chi connectivity index (χ4n) is 5.64. The van der Waals surface area contributed by atoms with E-state index in [1.54, 1.807) is 18.2 Å². The molecule has 1 aromatic carbocycles. The van der Waals surface area contributed by atoms with Gasteiger partial charge in [-0.15, -0.1) is 0 Å². The van der Waals surface area contributed by atoms with Crippen LogP contribution in [0.3, 0.4) is 0 Å². The molecular weight excluding hydrogens is 370 g/mol. The first-order valence-corrected chi connectivity index (χ1v) is 9.62. The van der Waals surface area contributed by atoms with Crippen LogP contribution in [0.1, 0.15) is 18.4 Å². The number of nitrogens with one attached hydrogen (secondary N) is 1. The maximum atomic E-state index is 13.3. The molecule has 0 radical (unpaired) electrons. The number of imide groups is 1. The lowest BCUT2D eigenvalue weighted by molar-refractivity contribution is -0.146. The van der Waals surface area contributed by atoms with Gasteiger partial charge in [0.2, 0.25) is 17.7 Å². The monoisotopic (exact) mass is 389 g/mol. The summed E-state index contributed by atoms with van der Waals surface area (Å²) < 4.78 is 5.07. The minimum atomic E-state index is -1.15. The molecular formula is C19H20ClN3O4. The summed E-state index contributed by atoms with van der Waals surface area (Å²) in [6.07, 6.45) is 1.71. The summed E-state index contributed by atoms with van der Waals surface area (Å²) in [5, 5.41) is 3.44. The van der Waals surface area contributed by atoms with Crippen molar-refractivity contribution in [2.24, 2.45) is 11.8 Å². The highest BCUT2D eigenvalue weighted by atomic mass is 35.5. The molecule has 5 rings (SSSR count). The Morgan fingerprint density at radius 3 is 2.89 bits per heavy atom. The molecule has 3 saturated heterocycles. The smallest absolute Gasteiger partial charge is 0.250 e. The van der Waals surface area contributed by atoms with Gasteiger partial charge in [-0.25, -0.2) is 0 Å². The molecule has 1 spiro atoms. The third-order valence-electron chi connectivity index (χ3n) is 6.56. The highest BCUT2D eigenvalue weighted by molar-refractivity contribution is 6.31. The Morgan fingerprint density at radius 1 is 1.30 bits per heavy atom. The molecule has 3 amide bonds. The van der Waals surface area contributed by atoms with E-state index in [2.05, 4.69) is 10.2 Å². The molecule has 1 N–H and O–H groups in total. The summed E-state index contributed by atoms with van der Waals surface area (Å²) in [6.45, 7) is 1.19. The number of rotatable bonds is 3. The van der Waals surface area contributed by atoms with E-state index < -0.39 is 17.4 Å². The van der Waals surface area contributed by atoms with Gasteiger partial charge in [0.05, 0.1) is 25.0 Å². The molecule has 0 aliphatic carbocycles. The average Bonchev–Trinajstić information content (AvgIpc) is 3.33. The average molecular weight is 390 g/mol. The van der Waals surface area contributed by atoms with Gasteiger partial charge in [0.25, 0.3) is 0 Å². The van der Waals surface area contributed by atoms with Crippen molar-refractivity contribution in [3.63, 3.8) is 0 Å². The Hall–Kier alpha value is -1.96. The summed E-state index contributed by atoms with van der Waals surface area (Å²) in [5.41, 5.74) is 0.237. The lowest BCUT2D eigenvalue weighted by Gasteiger charge is -2.36. The zero-order valence-corrected chi connectivity index (χ0v) is 15.7. The third kappa shape index (κ3) is 1.97. The highest BCUT2D eigenvalue weighted by Gasteiger charge is 2.74. The van der Waals surface area contributed by atoms with Crippen LogP contribution >= 0.6 is 11.6 Å². The normalized spacial score (nSPS) is 34.4. The lowest BCUT2D eigenvalue weighted by atomic mass is 9.75. The number of nitrogens with zero attached hydrogens (tertiary/aromatic N) is 2. The van der Waals surface area contributed by atoms with Crippen molar-refractivity contribution in [3.8, 4) is 0 Å². The van der Waals surface area contributed by atoms with E-state index in [9.17, 15) is 14.4 Å². The first-order chi connectivity index (χ1) is 13.0. The van der Waals surface area contributed by atoms with Gasteiger partial charge in [0.1, 0.15) is 5.54 Å². The van der Waals surface area contributed by atoms with Gasteiger partial charge in [-0.05, 0) is 37.6 Å². The first-order valence-electron chi connectivity index (χ1n) is 9.24. The van der Waals surface area contributed by atoms with Crippen LogP contribution in [0, 0.1) is 11.8 Å². The van der Waals surface area contributed by atoms with Crippen molar-refractivity contribution in [2.45, 2.75) is 24.4 Å². The molecule has 0 saturated carbocycles. The second-order valence-corrected chi connectivity index (χ2v) is 8.07. The second kappa shape index (κ2) is 5.77. The predicted octanol–water partition coefficient (Wildman–Crippen LogP) is 1.21. The molecule has 4 heterocycles. The van der Waals surface area contributed by atoms with E-state index in [-0.39, 0.29) is 36.9 Å². The summed E-state index contributed by atoms with van der Waals surface area (Å²) in [4.78, 5) is 43.2. The van der Waals surface area contributed by atoms with Crippen LogP contribution in [0.4, 0.5) is 5.69 Å². The maximum absolute atomic E-state index is 13.3. The van der Waals surface area contributed by atoms with Crippen LogP contribution in [0.25, 0.3) is 0 Å². The maximum Gasteiger partial charge on any atom is 0.250 e. The Morgan fingerprint density at radius 2 is 2.11 bits per heavy atom. The fraction of sp³-hybridized carbons (Fsp3) is 0.526. The molecule has 8 heteroatoms. The predicted molar refractivity (Wildman–Crippen MR) is 97.1 cm³/mol. The number of ether oxygens (including phenoxy) is 1. The Kier molecular flexibility index (Phi) is 3.67. The van der Waals surface area contributed by atoms with E-state index in [0.29, 0.717) is 22.8 Å². The molecule has 0 aromatic heterocycles. The van der Waals surface area contributed by atoms with Crippen LogP contribution in [0.2, 0.25) is 5.02 Å². The molecule has 4 atom stereocenters. The van der Waals surface area contributed by atoms with Gasteiger partial charge in [-0.1, -0.05) is 11.6 Å². The van der Waals surface area contributed by atoms with E-state index in [1.807, 2.05) is 0 Å². The van der Waals surface area contributed by atoms with Crippen LogP contribution in [0.15, 0.2) is 18.2 Å². The topological polar surface area (TPSA) is 79.0 Å². The number of carbonyl (C=O) groups is 3. The zero-order valence-electron chi connectivity index (χ0n) is 14.9. The van der Waals surface area contributed by atoms with Crippen molar-refractivity contribution in [2.75, 3.05) is 32.1 Å². The Balaban J connectivity index is 1.69. The summed E-state index contributed by atoms with van der Waals surface area (Å²) in [6, 6.07) is 5.16. The SMILES string of the molecule is COCCN1C(=O)[C@@H]2[C@H]3CCCN3[C@]3(C(=O)Nc4ccc(Cl)cc43)[C@@H]2C1=O. The number of hydrogen-bond acceptors (Lipinski definition) is 5. The zero-order chi connectivity index (χ0) is 18.9. The van der Waals surface area contributed by atoms with Crippen molar-refractivity contribution >= 4 is 35.0 Å². The van der Waals surface area contributed by atoms with Crippen LogP contribution in [-0.2, 0) is 24.7 Å². The van der Waals surface area contributed by atoms with Crippen molar-refractivity contribution in [1.29, 1.82) is 0 Å². The highest BCUT2D eigenvalue weighted by Crippen LogP contribution is 2.60. The number of hydrogen-bond donors (Lipinski definition) is 1. The first kappa shape index (κ1) is 17.2. The van der Waals surface area contributed by atoms with Gasteiger partial charge in [-0.2, -0.15) is 0 Å². The molecule has 0 unspecified atom stereocenters. The molecule has 1 aromatic rings. The minimum absolute atomic E-state index is 0.102. The summed E-state index contributed by atoms with van der Waals surface area (Å²) >= 11 is 6.24.